The van der Waals surface area contributed by atoms with Crippen LogP contribution in [0, 0.1) is 17.3 Å². The van der Waals surface area contributed by atoms with Gasteiger partial charge in [-0.2, -0.15) is 0 Å². The van der Waals surface area contributed by atoms with Crippen molar-refractivity contribution in [2.45, 2.75) is 90.3 Å². The van der Waals surface area contributed by atoms with E-state index in [0.717, 1.165) is 6.92 Å². The van der Waals surface area contributed by atoms with Crippen molar-refractivity contribution >= 4 is 29.8 Å². The van der Waals surface area contributed by atoms with Crippen molar-refractivity contribution in [2.75, 3.05) is 7.11 Å². The number of carbonyl (C=O) groups is 5. The van der Waals surface area contributed by atoms with Crippen LogP contribution in [0.2, 0.25) is 0 Å². The van der Waals surface area contributed by atoms with Crippen LogP contribution in [0.25, 0.3) is 0 Å². The van der Waals surface area contributed by atoms with E-state index in [9.17, 15) is 29.1 Å². The summed E-state index contributed by atoms with van der Waals surface area (Å²) in [7, 11) is 1.18. The lowest BCUT2D eigenvalue weighted by molar-refractivity contribution is -0.219. The van der Waals surface area contributed by atoms with E-state index in [4.69, 9.17) is 23.7 Å². The summed E-state index contributed by atoms with van der Waals surface area (Å²) in [6.07, 6.45) is -2.59. The highest BCUT2D eigenvalue weighted by molar-refractivity contribution is 5.89. The zero-order chi connectivity index (χ0) is 28.6. The fourth-order valence-electron chi connectivity index (χ4n) is 6.25. The monoisotopic (exact) mass is 536 g/mol. The summed E-state index contributed by atoms with van der Waals surface area (Å²) in [6.45, 7) is 11.0. The number of methoxy groups -OCH3 is 1. The number of aliphatic hydroxyl groups is 1. The van der Waals surface area contributed by atoms with E-state index >= 15 is 0 Å². The van der Waals surface area contributed by atoms with Crippen molar-refractivity contribution in [1.82, 2.24) is 0 Å². The smallest absolute Gasteiger partial charge is 0.333 e. The Morgan fingerprint density at radius 3 is 2.03 bits per heavy atom. The van der Waals surface area contributed by atoms with Crippen molar-refractivity contribution in [1.29, 1.82) is 0 Å². The first-order valence-corrected chi connectivity index (χ1v) is 12.6. The molecule has 0 spiro atoms. The molecule has 2 aliphatic carbocycles. The molecule has 8 atom stereocenters. The average molecular weight is 537 g/mol. The van der Waals surface area contributed by atoms with E-state index in [1.807, 2.05) is 0 Å². The molecule has 3 aliphatic rings. The third kappa shape index (κ3) is 5.08. The molecule has 0 aromatic carbocycles. The van der Waals surface area contributed by atoms with E-state index in [1.54, 1.807) is 6.92 Å². The minimum absolute atomic E-state index is 0.0168. The summed E-state index contributed by atoms with van der Waals surface area (Å²) in [5.41, 5.74) is -2.84. The van der Waals surface area contributed by atoms with Gasteiger partial charge < -0.3 is 28.8 Å². The molecular weight excluding hydrogens is 500 g/mol. The highest BCUT2D eigenvalue weighted by Crippen LogP contribution is 2.56. The second kappa shape index (κ2) is 10.9. The normalized spacial score (nSPS) is 37.0. The molecule has 1 N–H and O–H groups in total. The van der Waals surface area contributed by atoms with Crippen LogP contribution >= 0.6 is 0 Å². The van der Waals surface area contributed by atoms with Crippen LogP contribution in [0.15, 0.2) is 23.8 Å². The number of fused-ring (bicyclic) bond motifs is 2. The van der Waals surface area contributed by atoms with Crippen LogP contribution in [0.1, 0.15) is 60.3 Å². The Hall–Kier alpha value is -3.21. The molecule has 1 saturated heterocycles. The van der Waals surface area contributed by atoms with Crippen molar-refractivity contribution in [3.63, 3.8) is 0 Å². The standard InChI is InChI=1S/C27H36O11/c1-13-8-10-19(35-15(3)28)26(6)20(36-16(4)29)11-9-18(25(32)34-7)12-21-27(33,14(2)24(31)38-21)23(22(13)26)37-17(5)30/h12,14,19-23,33H,1,8-11H2,2-7H3. The predicted molar refractivity (Wildman–Crippen MR) is 130 cm³/mol. The van der Waals surface area contributed by atoms with Crippen molar-refractivity contribution in [2.24, 2.45) is 17.3 Å². The summed E-state index contributed by atoms with van der Waals surface area (Å²) in [6, 6.07) is 0. The summed E-state index contributed by atoms with van der Waals surface area (Å²) < 4.78 is 27.7. The number of rotatable bonds is 4. The largest absolute Gasteiger partial charge is 0.466 e. The van der Waals surface area contributed by atoms with E-state index < -0.39 is 77.1 Å². The van der Waals surface area contributed by atoms with Crippen molar-refractivity contribution in [3.8, 4) is 0 Å². The van der Waals surface area contributed by atoms with Crippen LogP contribution in [-0.2, 0) is 47.7 Å². The maximum absolute atomic E-state index is 12.8. The minimum atomic E-state index is -2.16. The lowest BCUT2D eigenvalue weighted by atomic mass is 9.55. The molecule has 0 aromatic heterocycles. The third-order valence-electron chi connectivity index (χ3n) is 8.12. The summed E-state index contributed by atoms with van der Waals surface area (Å²) in [5, 5.41) is 12.3. The van der Waals surface area contributed by atoms with Gasteiger partial charge in [-0.25, -0.2) is 4.79 Å². The van der Waals surface area contributed by atoms with Crippen LogP contribution in [0.5, 0.6) is 0 Å². The van der Waals surface area contributed by atoms with Gasteiger partial charge in [0.25, 0.3) is 0 Å². The van der Waals surface area contributed by atoms with Crippen LogP contribution in [0.4, 0.5) is 0 Å². The molecule has 1 saturated carbocycles. The van der Waals surface area contributed by atoms with Gasteiger partial charge in [-0.1, -0.05) is 19.1 Å². The second-order valence-corrected chi connectivity index (χ2v) is 10.5. The highest BCUT2D eigenvalue weighted by atomic mass is 16.6. The van der Waals surface area contributed by atoms with E-state index in [2.05, 4.69) is 6.58 Å². The van der Waals surface area contributed by atoms with Gasteiger partial charge >= 0.3 is 29.8 Å². The zero-order valence-electron chi connectivity index (χ0n) is 22.6. The highest BCUT2D eigenvalue weighted by Gasteiger charge is 2.67. The molecule has 8 unspecified atom stereocenters. The number of hydrogen-bond acceptors (Lipinski definition) is 11. The molecule has 38 heavy (non-hydrogen) atoms. The maximum Gasteiger partial charge on any atom is 0.333 e. The lowest BCUT2D eigenvalue weighted by Crippen LogP contribution is -2.65. The number of hydrogen-bond donors (Lipinski definition) is 1. The number of carbonyl (C=O) groups excluding carboxylic acids is 5. The minimum Gasteiger partial charge on any atom is -0.466 e. The lowest BCUT2D eigenvalue weighted by Gasteiger charge is -2.55. The van der Waals surface area contributed by atoms with Crippen LogP contribution < -0.4 is 0 Å². The number of ether oxygens (including phenoxy) is 5. The number of esters is 5. The Kier molecular flexibility index (Phi) is 8.40. The molecule has 2 fully saturated rings. The molecule has 11 heteroatoms. The van der Waals surface area contributed by atoms with Gasteiger partial charge in [-0.05, 0) is 38.7 Å². The fourth-order valence-corrected chi connectivity index (χ4v) is 6.25. The first-order chi connectivity index (χ1) is 17.7. The quantitative estimate of drug-likeness (QED) is 0.319. The van der Waals surface area contributed by atoms with Crippen LogP contribution in [-0.4, -0.2) is 72.1 Å². The average Bonchev–Trinajstić information content (AvgIpc) is 3.04. The van der Waals surface area contributed by atoms with Gasteiger partial charge in [-0.15, -0.1) is 0 Å². The zero-order valence-corrected chi connectivity index (χ0v) is 22.6. The van der Waals surface area contributed by atoms with E-state index in [-0.39, 0.29) is 18.4 Å². The Balaban J connectivity index is 2.38. The molecule has 11 nitrogen and oxygen atoms in total. The predicted octanol–water partition coefficient (Wildman–Crippen LogP) is 1.94. The van der Waals surface area contributed by atoms with Crippen molar-refractivity contribution in [3.05, 3.63) is 23.8 Å². The molecule has 1 aliphatic heterocycles. The van der Waals surface area contributed by atoms with Gasteiger partial charge in [-0.3, -0.25) is 19.2 Å². The van der Waals surface area contributed by atoms with Gasteiger partial charge in [0.05, 0.1) is 18.4 Å². The molecule has 0 aromatic rings. The van der Waals surface area contributed by atoms with Crippen LogP contribution in [0.3, 0.4) is 0 Å². The Labute approximate surface area is 221 Å². The van der Waals surface area contributed by atoms with Gasteiger partial charge in [0.2, 0.25) is 0 Å². The first-order valence-electron chi connectivity index (χ1n) is 12.6. The molecule has 0 radical (unpaired) electrons. The molecule has 210 valence electrons. The van der Waals surface area contributed by atoms with E-state index in [1.165, 1.54) is 34.0 Å². The maximum atomic E-state index is 12.8. The molecule has 0 bridgehead atoms. The Bertz CT molecular complexity index is 1060. The molecule has 0 amide bonds. The van der Waals surface area contributed by atoms with Crippen molar-refractivity contribution < 1.29 is 52.8 Å². The Morgan fingerprint density at radius 1 is 1.00 bits per heavy atom. The molecular formula is C27H36O11. The first kappa shape index (κ1) is 29.3. The van der Waals surface area contributed by atoms with Gasteiger partial charge in [0.1, 0.15) is 18.3 Å². The Morgan fingerprint density at radius 2 is 1.53 bits per heavy atom. The second-order valence-electron chi connectivity index (χ2n) is 10.5. The molecule has 1 heterocycles. The fraction of sp³-hybridized carbons (Fsp3) is 0.667. The topological polar surface area (TPSA) is 152 Å². The SMILES string of the molecule is C=C1CCC(OC(C)=O)C2(C)C(OC(C)=O)CCC(C(=O)OC)=CC3OC(=O)C(C)C3(O)C(OC(C)=O)C12. The summed E-state index contributed by atoms with van der Waals surface area (Å²) in [5.74, 6) is -5.58. The van der Waals surface area contributed by atoms with Gasteiger partial charge in [0, 0.05) is 32.3 Å². The molecule has 3 rings (SSSR count). The summed E-state index contributed by atoms with van der Waals surface area (Å²) >= 11 is 0. The van der Waals surface area contributed by atoms with E-state index in [0.29, 0.717) is 18.4 Å². The third-order valence-corrected chi connectivity index (χ3v) is 8.12. The summed E-state index contributed by atoms with van der Waals surface area (Å²) in [4.78, 5) is 62.5. The van der Waals surface area contributed by atoms with Gasteiger partial charge in [0.15, 0.2) is 11.7 Å².